The van der Waals surface area contributed by atoms with Gasteiger partial charge in [-0.25, -0.2) is 4.79 Å². The summed E-state index contributed by atoms with van der Waals surface area (Å²) >= 11 is 0. The van der Waals surface area contributed by atoms with Crippen LogP contribution in [-0.4, -0.2) is 47.9 Å². The Bertz CT molecular complexity index is 692. The molecule has 1 saturated heterocycles. The third-order valence-electron chi connectivity index (χ3n) is 7.29. The summed E-state index contributed by atoms with van der Waals surface area (Å²) in [5, 5.41) is 8.44. The minimum atomic E-state index is -0.835. The first kappa shape index (κ1) is 28.1. The first-order chi connectivity index (χ1) is 16.2. The number of hydrogen-bond acceptors (Lipinski definition) is 5. The van der Waals surface area contributed by atoms with Crippen molar-refractivity contribution in [1.82, 2.24) is 16.0 Å². The van der Waals surface area contributed by atoms with Gasteiger partial charge in [0, 0.05) is 0 Å². The summed E-state index contributed by atoms with van der Waals surface area (Å²) in [4.78, 5) is 52.0. The van der Waals surface area contributed by atoms with Crippen molar-refractivity contribution in [2.24, 2.45) is 11.8 Å². The van der Waals surface area contributed by atoms with E-state index < -0.39 is 36.1 Å². The van der Waals surface area contributed by atoms with E-state index in [2.05, 4.69) is 22.9 Å². The predicted molar refractivity (Wildman–Crippen MR) is 131 cm³/mol. The van der Waals surface area contributed by atoms with Crippen LogP contribution in [0, 0.1) is 11.8 Å². The number of carbonyl (C=O) groups excluding carboxylic acids is 4. The average molecular weight is 480 g/mol. The molecule has 0 spiro atoms. The number of ether oxygens (including phenoxy) is 1. The smallest absolute Gasteiger partial charge is 0.329 e. The normalized spacial score (nSPS) is 28.9. The molecule has 0 aromatic heterocycles. The molecule has 0 radical (unpaired) electrons. The maximum atomic E-state index is 13.1. The Morgan fingerprint density at radius 3 is 2.29 bits per heavy atom. The predicted octanol–water partition coefficient (Wildman–Crippen LogP) is 3.37. The van der Waals surface area contributed by atoms with Crippen LogP contribution in [0.2, 0.25) is 0 Å². The van der Waals surface area contributed by atoms with Gasteiger partial charge in [-0.15, -0.1) is 0 Å². The molecule has 1 saturated carbocycles. The van der Waals surface area contributed by atoms with E-state index in [1.165, 1.54) is 6.42 Å². The fourth-order valence-electron chi connectivity index (χ4n) is 4.84. The monoisotopic (exact) mass is 479 g/mol. The van der Waals surface area contributed by atoms with Gasteiger partial charge in [-0.3, -0.25) is 14.4 Å². The lowest BCUT2D eigenvalue weighted by atomic mass is 9.84. The highest BCUT2D eigenvalue weighted by molar-refractivity contribution is 5.93. The topological polar surface area (TPSA) is 114 Å². The second-order valence-corrected chi connectivity index (χ2v) is 10.2. The van der Waals surface area contributed by atoms with E-state index in [-0.39, 0.29) is 24.2 Å². The van der Waals surface area contributed by atoms with Gasteiger partial charge in [0.2, 0.25) is 17.7 Å². The van der Waals surface area contributed by atoms with Gasteiger partial charge in [-0.2, -0.15) is 0 Å². The number of unbranched alkanes of at least 4 members (excludes halogenated alkanes) is 2. The van der Waals surface area contributed by atoms with Crippen molar-refractivity contribution < 1.29 is 23.9 Å². The molecular formula is C26H45N3O5. The van der Waals surface area contributed by atoms with Crippen LogP contribution in [0.25, 0.3) is 0 Å². The molecule has 0 aromatic carbocycles. The summed E-state index contributed by atoms with van der Waals surface area (Å²) in [5.41, 5.74) is 0. The Balaban J connectivity index is 2.26. The highest BCUT2D eigenvalue weighted by Gasteiger charge is 2.34. The fourth-order valence-corrected chi connectivity index (χ4v) is 4.84. The van der Waals surface area contributed by atoms with Gasteiger partial charge in [0.15, 0.2) is 0 Å². The van der Waals surface area contributed by atoms with Crippen molar-refractivity contribution in [2.75, 3.05) is 0 Å². The van der Waals surface area contributed by atoms with Gasteiger partial charge >= 0.3 is 5.97 Å². The Kier molecular flexibility index (Phi) is 11.8. The first-order valence-electron chi connectivity index (χ1n) is 13.4. The lowest BCUT2D eigenvalue weighted by Crippen LogP contribution is -2.55. The number of hydrogen-bond donors (Lipinski definition) is 3. The van der Waals surface area contributed by atoms with Gasteiger partial charge in [0.1, 0.15) is 24.2 Å². The number of rotatable bonds is 8. The summed E-state index contributed by atoms with van der Waals surface area (Å²) in [6, 6.07) is -2.37. The van der Waals surface area contributed by atoms with Crippen molar-refractivity contribution in [3.05, 3.63) is 0 Å². The third-order valence-corrected chi connectivity index (χ3v) is 7.29. The molecule has 0 aromatic rings. The molecule has 2 fully saturated rings. The lowest BCUT2D eigenvalue weighted by molar-refractivity contribution is -0.156. The molecule has 194 valence electrons. The van der Waals surface area contributed by atoms with E-state index >= 15 is 0 Å². The standard InChI is InChI=1S/C26H45N3O5/c1-5-7-9-14-20-16-22(30)28-21(15-19-12-10-8-11-13-19)25(32)27-18(4)24(31)29-23(17(3)6-2)26(33)34-20/h17-21,23H,5-16H2,1-4H3,(H,27,32)(H,28,30)(H,29,31). The summed E-state index contributed by atoms with van der Waals surface area (Å²) in [7, 11) is 0. The summed E-state index contributed by atoms with van der Waals surface area (Å²) in [6.07, 6.45) is 9.63. The molecule has 34 heavy (non-hydrogen) atoms. The molecule has 5 unspecified atom stereocenters. The quantitative estimate of drug-likeness (QED) is 0.365. The van der Waals surface area contributed by atoms with E-state index in [9.17, 15) is 19.2 Å². The minimum absolute atomic E-state index is 0.0145. The van der Waals surface area contributed by atoms with Crippen LogP contribution >= 0.6 is 0 Å². The van der Waals surface area contributed by atoms with Crippen molar-refractivity contribution in [3.63, 3.8) is 0 Å². The molecule has 8 nitrogen and oxygen atoms in total. The van der Waals surface area contributed by atoms with Crippen molar-refractivity contribution in [3.8, 4) is 0 Å². The van der Waals surface area contributed by atoms with Crippen LogP contribution in [0.5, 0.6) is 0 Å². The number of amides is 3. The van der Waals surface area contributed by atoms with Crippen LogP contribution in [0.3, 0.4) is 0 Å². The van der Waals surface area contributed by atoms with E-state index in [0.717, 1.165) is 44.9 Å². The van der Waals surface area contributed by atoms with Crippen molar-refractivity contribution >= 4 is 23.7 Å². The number of carbonyl (C=O) groups is 4. The largest absolute Gasteiger partial charge is 0.460 e. The first-order valence-corrected chi connectivity index (χ1v) is 13.4. The van der Waals surface area contributed by atoms with Crippen LogP contribution in [0.15, 0.2) is 0 Å². The molecule has 1 aliphatic heterocycles. The Hall–Kier alpha value is -2.12. The second-order valence-electron chi connectivity index (χ2n) is 10.2. The third kappa shape index (κ3) is 8.91. The molecule has 1 aliphatic carbocycles. The molecule has 3 amide bonds. The molecule has 2 rings (SSSR count). The van der Waals surface area contributed by atoms with E-state index in [4.69, 9.17) is 4.74 Å². The van der Waals surface area contributed by atoms with Gasteiger partial charge in [-0.1, -0.05) is 72.1 Å². The van der Waals surface area contributed by atoms with Crippen molar-refractivity contribution in [1.29, 1.82) is 0 Å². The molecule has 5 atom stereocenters. The average Bonchev–Trinajstić information content (AvgIpc) is 2.81. The highest BCUT2D eigenvalue weighted by atomic mass is 16.5. The van der Waals surface area contributed by atoms with Crippen LogP contribution in [0.4, 0.5) is 0 Å². The zero-order valence-corrected chi connectivity index (χ0v) is 21.5. The Morgan fingerprint density at radius 2 is 1.65 bits per heavy atom. The maximum Gasteiger partial charge on any atom is 0.329 e. The van der Waals surface area contributed by atoms with E-state index in [1.54, 1.807) is 6.92 Å². The Morgan fingerprint density at radius 1 is 0.941 bits per heavy atom. The van der Waals surface area contributed by atoms with Gasteiger partial charge in [0.05, 0.1) is 6.42 Å². The highest BCUT2D eigenvalue weighted by Crippen LogP contribution is 2.27. The summed E-state index contributed by atoms with van der Waals surface area (Å²) in [6.45, 7) is 7.51. The molecule has 1 heterocycles. The van der Waals surface area contributed by atoms with Crippen LogP contribution < -0.4 is 16.0 Å². The maximum absolute atomic E-state index is 13.1. The Labute approximate surface area is 204 Å². The number of nitrogens with one attached hydrogen (secondary N) is 3. The van der Waals surface area contributed by atoms with Crippen LogP contribution in [-0.2, 0) is 23.9 Å². The molecular weight excluding hydrogens is 434 g/mol. The molecule has 8 heteroatoms. The fraction of sp³-hybridized carbons (Fsp3) is 0.846. The van der Waals surface area contributed by atoms with E-state index in [1.807, 2.05) is 13.8 Å². The second kappa shape index (κ2) is 14.3. The van der Waals surface area contributed by atoms with Crippen molar-refractivity contribution in [2.45, 2.75) is 129 Å². The van der Waals surface area contributed by atoms with Gasteiger partial charge < -0.3 is 20.7 Å². The molecule has 3 N–H and O–H groups in total. The zero-order chi connectivity index (χ0) is 25.1. The van der Waals surface area contributed by atoms with Gasteiger partial charge in [-0.05, 0) is 38.0 Å². The summed E-state index contributed by atoms with van der Waals surface area (Å²) in [5.74, 6) is -1.37. The SMILES string of the molecule is CCCCCC1CC(=O)NC(CC2CCCCC2)C(=O)NC(C)C(=O)NC(C(C)CC)C(=O)O1. The van der Waals surface area contributed by atoms with E-state index in [0.29, 0.717) is 25.2 Å². The zero-order valence-electron chi connectivity index (χ0n) is 21.5. The minimum Gasteiger partial charge on any atom is -0.460 e. The molecule has 0 bridgehead atoms. The lowest BCUT2D eigenvalue weighted by Gasteiger charge is -2.27. The van der Waals surface area contributed by atoms with Gasteiger partial charge in [0.25, 0.3) is 0 Å². The van der Waals surface area contributed by atoms with Crippen LogP contribution in [0.1, 0.15) is 105 Å². The number of cyclic esters (lactones) is 1. The molecule has 2 aliphatic rings. The summed E-state index contributed by atoms with van der Waals surface area (Å²) < 4.78 is 5.79. The number of esters is 1.